The minimum absolute atomic E-state index is 0.316. The van der Waals surface area contributed by atoms with Gasteiger partial charge in [-0.25, -0.2) is 9.97 Å². The van der Waals surface area contributed by atoms with Crippen molar-refractivity contribution in [3.8, 4) is 0 Å². The van der Waals surface area contributed by atoms with Crippen molar-refractivity contribution in [2.75, 3.05) is 5.73 Å². The minimum Gasteiger partial charge on any atom is -0.384 e. The van der Waals surface area contributed by atoms with Crippen LogP contribution >= 0.6 is 0 Å². The summed E-state index contributed by atoms with van der Waals surface area (Å²) in [7, 11) is 0. The fourth-order valence-corrected chi connectivity index (χ4v) is 3.72. The Morgan fingerprint density at radius 1 is 1.26 bits per heavy atom. The molecule has 2 unspecified atom stereocenters. The molecule has 3 aliphatic rings. The summed E-state index contributed by atoms with van der Waals surface area (Å²) in [5, 5.41) is 3.38. The molecule has 1 fully saturated rings. The Hall–Kier alpha value is -2.56. The van der Waals surface area contributed by atoms with Crippen molar-refractivity contribution in [2.45, 2.75) is 31.2 Å². The molecule has 3 heterocycles. The van der Waals surface area contributed by atoms with Crippen LogP contribution in [-0.2, 0) is 0 Å². The van der Waals surface area contributed by atoms with Gasteiger partial charge in [0.15, 0.2) is 0 Å². The largest absolute Gasteiger partial charge is 0.384 e. The zero-order chi connectivity index (χ0) is 15.4. The first-order valence-corrected chi connectivity index (χ1v) is 8.27. The van der Waals surface area contributed by atoms with Crippen LogP contribution < -0.4 is 11.1 Å². The normalized spacial score (nSPS) is 26.0. The average molecular weight is 305 g/mol. The van der Waals surface area contributed by atoms with Gasteiger partial charge in [-0.3, -0.25) is 4.40 Å². The van der Waals surface area contributed by atoms with Crippen molar-refractivity contribution >= 4 is 16.9 Å². The molecule has 0 radical (unpaired) electrons. The van der Waals surface area contributed by atoms with Crippen LogP contribution in [0.3, 0.4) is 0 Å². The van der Waals surface area contributed by atoms with Crippen LogP contribution in [0.1, 0.15) is 36.7 Å². The molecule has 2 atom stereocenters. The molecule has 2 aromatic heterocycles. The molecule has 0 bridgehead atoms. The molecule has 5 nitrogen and oxygen atoms in total. The zero-order valence-corrected chi connectivity index (χ0v) is 12.8. The first-order valence-electron chi connectivity index (χ1n) is 8.27. The van der Waals surface area contributed by atoms with Crippen molar-refractivity contribution in [3.05, 3.63) is 54.4 Å². The van der Waals surface area contributed by atoms with Crippen molar-refractivity contribution in [2.24, 2.45) is 5.92 Å². The molecule has 5 heteroatoms. The number of hydrogen-bond acceptors (Lipinski definition) is 4. The minimum atomic E-state index is 0.316. The molecule has 1 saturated carbocycles. The molecular formula is C18H19N5. The van der Waals surface area contributed by atoms with E-state index in [4.69, 9.17) is 10.7 Å². The highest BCUT2D eigenvalue weighted by molar-refractivity contribution is 5.88. The van der Waals surface area contributed by atoms with Crippen molar-refractivity contribution < 1.29 is 0 Å². The second-order valence-electron chi connectivity index (χ2n) is 6.59. The average Bonchev–Trinajstić information content (AvgIpc) is 3.10. The molecule has 0 saturated heterocycles. The number of nitrogens with one attached hydrogen (secondary N) is 1. The third kappa shape index (κ3) is 1.86. The predicted molar refractivity (Wildman–Crippen MR) is 90.7 cm³/mol. The standard InChI is InChI=1S/C18H19N5/c19-17-16-15(13-5-4-11-6-7-20-14(11)10-13)22-18(12-2-1-3-12)23(16)9-8-21-17/h4-12,14,20H,1-3H2,(H2,19,21). The second kappa shape index (κ2) is 4.72. The van der Waals surface area contributed by atoms with Crippen molar-refractivity contribution in [1.29, 1.82) is 0 Å². The highest BCUT2D eigenvalue weighted by Gasteiger charge is 2.28. The Labute approximate surface area is 134 Å². The Morgan fingerprint density at radius 2 is 2.17 bits per heavy atom. The van der Waals surface area contributed by atoms with E-state index in [1.165, 1.54) is 19.3 Å². The van der Waals surface area contributed by atoms with E-state index < -0.39 is 0 Å². The maximum Gasteiger partial charge on any atom is 0.150 e. The molecular weight excluding hydrogens is 286 g/mol. The maximum atomic E-state index is 6.19. The molecule has 1 aliphatic heterocycles. The van der Waals surface area contributed by atoms with E-state index in [0.29, 0.717) is 23.7 Å². The Bertz CT molecular complexity index is 869. The summed E-state index contributed by atoms with van der Waals surface area (Å²) in [6.45, 7) is 0. The first-order chi connectivity index (χ1) is 11.3. The number of rotatable bonds is 2. The summed E-state index contributed by atoms with van der Waals surface area (Å²) < 4.78 is 2.14. The van der Waals surface area contributed by atoms with E-state index in [1.54, 1.807) is 6.20 Å². The molecule has 0 aromatic carbocycles. The van der Waals surface area contributed by atoms with Crippen molar-refractivity contribution in [3.63, 3.8) is 0 Å². The van der Waals surface area contributed by atoms with E-state index in [2.05, 4.69) is 39.0 Å². The Morgan fingerprint density at radius 3 is 3.00 bits per heavy atom. The Kier molecular flexibility index (Phi) is 2.65. The van der Waals surface area contributed by atoms with E-state index >= 15 is 0 Å². The number of fused-ring (bicyclic) bond motifs is 2. The van der Waals surface area contributed by atoms with Crippen LogP contribution in [0.15, 0.2) is 42.9 Å². The number of nitrogens with two attached hydrogens (primary N) is 1. The van der Waals surface area contributed by atoms with Gasteiger partial charge in [0.1, 0.15) is 17.2 Å². The third-order valence-electron chi connectivity index (χ3n) is 5.23. The topological polar surface area (TPSA) is 68.2 Å². The fourth-order valence-electron chi connectivity index (χ4n) is 3.72. The quantitative estimate of drug-likeness (QED) is 0.895. The van der Waals surface area contributed by atoms with E-state index in [0.717, 1.165) is 22.6 Å². The highest BCUT2D eigenvalue weighted by Crippen LogP contribution is 2.39. The summed E-state index contributed by atoms with van der Waals surface area (Å²) >= 11 is 0. The van der Waals surface area contributed by atoms with Crippen LogP contribution in [0.2, 0.25) is 0 Å². The first kappa shape index (κ1) is 12.9. The molecule has 23 heavy (non-hydrogen) atoms. The van der Waals surface area contributed by atoms with E-state index in [9.17, 15) is 0 Å². The van der Waals surface area contributed by atoms with Crippen molar-refractivity contribution in [1.82, 2.24) is 19.7 Å². The number of nitrogen functional groups attached to an aromatic ring is 1. The van der Waals surface area contributed by atoms with Crippen LogP contribution in [0.5, 0.6) is 0 Å². The summed E-state index contributed by atoms with van der Waals surface area (Å²) in [5.74, 6) is 2.67. The second-order valence-corrected chi connectivity index (χ2v) is 6.59. The monoisotopic (exact) mass is 305 g/mol. The lowest BCUT2D eigenvalue weighted by Crippen LogP contribution is -2.25. The number of imidazole rings is 1. The summed E-state index contributed by atoms with van der Waals surface area (Å²) in [4.78, 5) is 9.27. The van der Waals surface area contributed by atoms with Gasteiger partial charge in [-0.1, -0.05) is 30.7 Å². The van der Waals surface area contributed by atoms with Crippen LogP contribution in [0, 0.1) is 5.92 Å². The highest BCUT2D eigenvalue weighted by atomic mass is 15.1. The number of hydrogen-bond donors (Lipinski definition) is 2. The molecule has 0 amide bonds. The zero-order valence-electron chi connectivity index (χ0n) is 12.8. The van der Waals surface area contributed by atoms with Crippen LogP contribution in [-0.4, -0.2) is 20.4 Å². The maximum absolute atomic E-state index is 6.19. The lowest BCUT2D eigenvalue weighted by molar-refractivity contribution is 0.400. The lowest BCUT2D eigenvalue weighted by Gasteiger charge is -2.23. The van der Waals surface area contributed by atoms with Crippen LogP contribution in [0.25, 0.3) is 11.1 Å². The molecule has 5 rings (SSSR count). The number of anilines is 1. The van der Waals surface area contributed by atoms with Gasteiger partial charge < -0.3 is 11.1 Å². The molecule has 0 spiro atoms. The number of allylic oxidation sites excluding steroid dienone is 2. The molecule has 116 valence electrons. The van der Waals surface area contributed by atoms with Gasteiger partial charge in [0, 0.05) is 29.8 Å². The van der Waals surface area contributed by atoms with Gasteiger partial charge in [-0.2, -0.15) is 0 Å². The van der Waals surface area contributed by atoms with Gasteiger partial charge in [-0.15, -0.1) is 0 Å². The SMILES string of the molecule is Nc1nccn2c(C3CCC3)nc(C3=CC4NC=CC4C=C3)c12. The van der Waals surface area contributed by atoms with Gasteiger partial charge >= 0.3 is 0 Å². The number of nitrogens with zero attached hydrogens (tertiary/aromatic N) is 3. The van der Waals surface area contributed by atoms with Gasteiger partial charge in [0.2, 0.25) is 0 Å². The Balaban J connectivity index is 1.68. The predicted octanol–water partition coefficient (Wildman–Crippen LogP) is 2.63. The summed E-state index contributed by atoms with van der Waals surface area (Å²) in [6.07, 6.45) is 18.3. The summed E-state index contributed by atoms with van der Waals surface area (Å²) in [5.41, 5.74) is 9.22. The number of aromatic nitrogens is 3. The van der Waals surface area contributed by atoms with E-state index in [-0.39, 0.29) is 0 Å². The van der Waals surface area contributed by atoms with Gasteiger partial charge in [-0.05, 0) is 19.0 Å². The van der Waals surface area contributed by atoms with E-state index in [1.807, 2.05) is 12.4 Å². The molecule has 3 N–H and O–H groups in total. The van der Waals surface area contributed by atoms with Gasteiger partial charge in [0.25, 0.3) is 0 Å². The third-order valence-corrected chi connectivity index (χ3v) is 5.23. The fraction of sp³-hybridized carbons (Fsp3) is 0.333. The van der Waals surface area contributed by atoms with Crippen LogP contribution in [0.4, 0.5) is 5.82 Å². The molecule has 2 aliphatic carbocycles. The lowest BCUT2D eigenvalue weighted by atomic mass is 9.85. The van der Waals surface area contributed by atoms with Gasteiger partial charge in [0.05, 0.1) is 11.7 Å². The smallest absolute Gasteiger partial charge is 0.150 e. The summed E-state index contributed by atoms with van der Waals surface area (Å²) in [6, 6.07) is 0.316. The molecule has 2 aromatic rings.